The van der Waals surface area contributed by atoms with E-state index in [1.807, 2.05) is 36.8 Å². The molecule has 0 aliphatic heterocycles. The summed E-state index contributed by atoms with van der Waals surface area (Å²) in [6, 6.07) is 85.6. The van der Waals surface area contributed by atoms with Gasteiger partial charge in [0.05, 0.1) is 39.5 Å². The van der Waals surface area contributed by atoms with Crippen LogP contribution < -0.4 is 0 Å². The molecular formula is C72H43N5. The van der Waals surface area contributed by atoms with Crippen molar-refractivity contribution < 1.29 is 0 Å². The Kier molecular flexibility index (Phi) is 9.57. The minimum absolute atomic E-state index is 0.831. The summed E-state index contributed by atoms with van der Waals surface area (Å²) in [6.45, 7) is 0. The number of rotatable bonds is 7. The van der Waals surface area contributed by atoms with Gasteiger partial charge in [-0.05, 0) is 148 Å². The van der Waals surface area contributed by atoms with Gasteiger partial charge in [0, 0.05) is 63.0 Å². The summed E-state index contributed by atoms with van der Waals surface area (Å²) in [4.78, 5) is 19.3. The van der Waals surface area contributed by atoms with Crippen LogP contribution in [0.25, 0.3) is 159 Å². The molecule has 0 saturated heterocycles. The van der Waals surface area contributed by atoms with Crippen molar-refractivity contribution in [2.45, 2.75) is 0 Å². The van der Waals surface area contributed by atoms with E-state index in [0.29, 0.717) is 0 Å². The molecule has 0 atom stereocenters. The number of nitrogens with zero attached hydrogens (tertiary/aromatic N) is 5. The molecule has 0 fully saturated rings. The molecule has 356 valence electrons. The standard InChI is InChI=1S/C72H43N5/c1-3-17-61-59(15-1)71(60-16-2-4-18-62(60)72(61)77-67-24-7-5-13-56(67)57-14-6-8-25-68(57)77)58-22-12-20-54-53(19-11-21-55(54)58)50-32-35-66(76-43-50)65-34-31-49(42-75-65)52-39-46-28-26-44-37-51(38-45-27-29-47(40-52)70(46)69(44)45)48-30-33-64(74-41-48)63-23-9-10-36-73-63/h1-43H. The summed E-state index contributed by atoms with van der Waals surface area (Å²) in [5, 5.41) is 17.2. The van der Waals surface area contributed by atoms with Crippen molar-refractivity contribution in [2.75, 3.05) is 0 Å². The van der Waals surface area contributed by atoms with E-state index >= 15 is 0 Å². The molecule has 5 aromatic heterocycles. The Morgan fingerprint density at radius 2 is 0.662 bits per heavy atom. The molecule has 0 N–H and O–H groups in total. The Bertz CT molecular complexity index is 4830. The minimum Gasteiger partial charge on any atom is -0.308 e. The smallest absolute Gasteiger partial charge is 0.0886 e. The van der Waals surface area contributed by atoms with Crippen LogP contribution in [0.3, 0.4) is 0 Å². The minimum atomic E-state index is 0.831. The van der Waals surface area contributed by atoms with Crippen molar-refractivity contribution in [2.24, 2.45) is 0 Å². The third kappa shape index (κ3) is 6.81. The molecule has 0 bridgehead atoms. The molecule has 0 aliphatic rings. The van der Waals surface area contributed by atoms with Gasteiger partial charge < -0.3 is 4.57 Å². The SMILES string of the molecule is c1ccc(-c2ccc(-c3cc4ccc5cc(-c6ccc(-c7ccc(-c8cccc9c(-c%10c%11ccccc%11c(-n%11c%12ccccc%12c%12ccccc%12%11)c%11ccccc%10%11)cccc89)cn7)nc6)cc6ccc(c3)c4c56)cn2)nc1. The van der Waals surface area contributed by atoms with Crippen LogP contribution in [0.1, 0.15) is 0 Å². The average molecular weight is 978 g/mol. The molecule has 0 unspecified atom stereocenters. The molecule has 16 aromatic rings. The Hall–Kier alpha value is -10.4. The Morgan fingerprint density at radius 1 is 0.260 bits per heavy atom. The molecule has 5 heteroatoms. The van der Waals surface area contributed by atoms with Crippen LogP contribution in [-0.4, -0.2) is 24.5 Å². The molecular weight excluding hydrogens is 935 g/mol. The predicted octanol–water partition coefficient (Wildman–Crippen LogP) is 18.7. The maximum atomic E-state index is 5.04. The number of aromatic nitrogens is 5. The molecule has 5 heterocycles. The molecule has 77 heavy (non-hydrogen) atoms. The van der Waals surface area contributed by atoms with E-state index in [4.69, 9.17) is 15.0 Å². The first-order chi connectivity index (χ1) is 38.2. The maximum absolute atomic E-state index is 5.04. The van der Waals surface area contributed by atoms with Gasteiger partial charge in [0.1, 0.15) is 0 Å². The van der Waals surface area contributed by atoms with Crippen molar-refractivity contribution in [3.05, 3.63) is 261 Å². The molecule has 0 saturated carbocycles. The van der Waals surface area contributed by atoms with Gasteiger partial charge in [-0.25, -0.2) is 0 Å². The van der Waals surface area contributed by atoms with Crippen LogP contribution in [0.2, 0.25) is 0 Å². The zero-order chi connectivity index (χ0) is 50.6. The fourth-order valence-electron chi connectivity index (χ4n) is 12.4. The van der Waals surface area contributed by atoms with Crippen molar-refractivity contribution in [3.63, 3.8) is 0 Å². The number of pyridine rings is 4. The van der Waals surface area contributed by atoms with Crippen molar-refractivity contribution in [1.82, 2.24) is 24.5 Å². The van der Waals surface area contributed by atoms with Gasteiger partial charge in [-0.3, -0.25) is 19.9 Å². The summed E-state index contributed by atoms with van der Waals surface area (Å²) in [7, 11) is 0. The highest BCUT2D eigenvalue weighted by atomic mass is 15.0. The first-order valence-electron chi connectivity index (χ1n) is 26.2. The third-order valence-corrected chi connectivity index (χ3v) is 15.9. The first-order valence-corrected chi connectivity index (χ1v) is 26.2. The van der Waals surface area contributed by atoms with Gasteiger partial charge in [0.25, 0.3) is 0 Å². The highest BCUT2D eigenvalue weighted by molar-refractivity contribution is 6.25. The summed E-state index contributed by atoms with van der Waals surface area (Å²) in [6.07, 6.45) is 7.73. The molecule has 0 aliphatic carbocycles. The van der Waals surface area contributed by atoms with Crippen LogP contribution in [0.4, 0.5) is 0 Å². The second-order valence-electron chi connectivity index (χ2n) is 20.1. The maximum Gasteiger partial charge on any atom is 0.0886 e. The van der Waals surface area contributed by atoms with Gasteiger partial charge in [-0.2, -0.15) is 0 Å². The molecule has 11 aromatic carbocycles. The lowest BCUT2D eigenvalue weighted by atomic mass is 9.87. The second kappa shape index (κ2) is 17.1. The fourth-order valence-corrected chi connectivity index (χ4v) is 12.4. The molecule has 5 nitrogen and oxygen atoms in total. The molecule has 0 spiro atoms. The van der Waals surface area contributed by atoms with E-state index in [1.54, 1.807) is 6.20 Å². The number of benzene rings is 11. The van der Waals surface area contributed by atoms with Crippen LogP contribution in [0.15, 0.2) is 261 Å². The monoisotopic (exact) mass is 977 g/mol. The first kappa shape index (κ1) is 43.1. The largest absolute Gasteiger partial charge is 0.308 e. The summed E-state index contributed by atoms with van der Waals surface area (Å²) < 4.78 is 2.48. The van der Waals surface area contributed by atoms with Gasteiger partial charge in [0.2, 0.25) is 0 Å². The number of hydrogen-bond acceptors (Lipinski definition) is 4. The van der Waals surface area contributed by atoms with Crippen molar-refractivity contribution in [1.29, 1.82) is 0 Å². The predicted molar refractivity (Wildman–Crippen MR) is 321 cm³/mol. The van der Waals surface area contributed by atoms with Gasteiger partial charge >= 0.3 is 0 Å². The highest BCUT2D eigenvalue weighted by Gasteiger charge is 2.22. The number of hydrogen-bond donors (Lipinski definition) is 0. The van der Waals surface area contributed by atoms with E-state index in [9.17, 15) is 0 Å². The summed E-state index contributed by atoms with van der Waals surface area (Å²) >= 11 is 0. The average Bonchev–Trinajstić information content (AvgIpc) is 3.99. The van der Waals surface area contributed by atoms with Crippen LogP contribution >= 0.6 is 0 Å². The van der Waals surface area contributed by atoms with Crippen LogP contribution in [-0.2, 0) is 0 Å². The third-order valence-electron chi connectivity index (χ3n) is 15.9. The van der Waals surface area contributed by atoms with E-state index in [0.717, 1.165) is 56.2 Å². The van der Waals surface area contributed by atoms with Gasteiger partial charge in [-0.15, -0.1) is 0 Å². The quantitative estimate of drug-likeness (QED) is 0.118. The zero-order valence-corrected chi connectivity index (χ0v) is 41.6. The summed E-state index contributed by atoms with van der Waals surface area (Å²) in [5.74, 6) is 0. The highest BCUT2D eigenvalue weighted by Crippen LogP contribution is 2.47. The topological polar surface area (TPSA) is 56.5 Å². The second-order valence-corrected chi connectivity index (χ2v) is 20.1. The lowest BCUT2D eigenvalue weighted by Gasteiger charge is -2.20. The van der Waals surface area contributed by atoms with E-state index in [1.165, 1.54) is 103 Å². The summed E-state index contributed by atoms with van der Waals surface area (Å²) in [5.41, 5.74) is 16.1. The van der Waals surface area contributed by atoms with E-state index < -0.39 is 0 Å². The van der Waals surface area contributed by atoms with Crippen LogP contribution in [0, 0.1) is 0 Å². The Morgan fingerprint density at radius 3 is 1.13 bits per heavy atom. The molecule has 0 amide bonds. The van der Waals surface area contributed by atoms with E-state index in [-0.39, 0.29) is 0 Å². The van der Waals surface area contributed by atoms with Crippen molar-refractivity contribution >= 4 is 86.4 Å². The van der Waals surface area contributed by atoms with Gasteiger partial charge in [0.15, 0.2) is 0 Å². The Labute approximate surface area is 443 Å². The normalized spacial score (nSPS) is 11.9. The number of fused-ring (bicyclic) bond motifs is 6. The lowest BCUT2D eigenvalue weighted by Crippen LogP contribution is -1.99. The van der Waals surface area contributed by atoms with Crippen molar-refractivity contribution in [3.8, 4) is 73.0 Å². The van der Waals surface area contributed by atoms with Crippen LogP contribution in [0.5, 0.6) is 0 Å². The van der Waals surface area contributed by atoms with E-state index in [2.05, 4.69) is 228 Å². The zero-order valence-electron chi connectivity index (χ0n) is 41.6. The molecule has 16 rings (SSSR count). The lowest BCUT2D eigenvalue weighted by molar-refractivity contribution is 1.21. The Balaban J connectivity index is 0.719. The number of para-hydroxylation sites is 2. The van der Waals surface area contributed by atoms with Gasteiger partial charge in [-0.1, -0.05) is 170 Å². The molecule has 0 radical (unpaired) electrons. The fraction of sp³-hybridized carbons (Fsp3) is 0.